The number of aryl methyl sites for hydroxylation is 1. The van der Waals surface area contributed by atoms with E-state index in [2.05, 4.69) is 15.4 Å². The van der Waals surface area contributed by atoms with Crippen molar-refractivity contribution in [3.05, 3.63) is 69.9 Å². The van der Waals surface area contributed by atoms with Crippen LogP contribution in [0.25, 0.3) is 11.3 Å². The lowest BCUT2D eigenvalue weighted by Gasteiger charge is -2.28. The minimum Gasteiger partial charge on any atom is -0.365 e. The number of halogens is 1. The van der Waals surface area contributed by atoms with Gasteiger partial charge in [-0.25, -0.2) is 4.79 Å². The number of aliphatic imine (C=N–C) groups is 1. The number of urea groups is 1. The fourth-order valence-corrected chi connectivity index (χ4v) is 4.27. The molecular weight excluding hydrogens is 428 g/mol. The predicted octanol–water partition coefficient (Wildman–Crippen LogP) is 3.78. The molecule has 32 heavy (non-hydrogen) atoms. The number of anilines is 1. The highest BCUT2D eigenvalue weighted by Crippen LogP contribution is 2.31. The molecule has 2 aliphatic rings. The average Bonchev–Trinajstić information content (AvgIpc) is 3.52. The van der Waals surface area contributed by atoms with Crippen LogP contribution in [0, 0.1) is 6.92 Å². The highest BCUT2D eigenvalue weighted by Gasteiger charge is 2.30. The van der Waals surface area contributed by atoms with E-state index in [0.29, 0.717) is 46.3 Å². The number of hydrogen-bond donors (Lipinski definition) is 2. The number of primary amides is 1. The fraction of sp³-hybridized carbons (Fsp3) is 0.217. The van der Waals surface area contributed by atoms with Crippen molar-refractivity contribution in [1.29, 1.82) is 0 Å². The van der Waals surface area contributed by atoms with Gasteiger partial charge in [-0.3, -0.25) is 14.5 Å². The van der Waals surface area contributed by atoms with E-state index in [0.717, 1.165) is 11.1 Å². The van der Waals surface area contributed by atoms with Gasteiger partial charge >= 0.3 is 6.03 Å². The van der Waals surface area contributed by atoms with Crippen LogP contribution in [-0.2, 0) is 13.1 Å². The quantitative estimate of drug-likeness (QED) is 0.634. The molecule has 3 aromatic rings. The molecule has 3 amide bonds. The Morgan fingerprint density at radius 3 is 2.69 bits per heavy atom. The first kappa shape index (κ1) is 20.3. The molecule has 0 saturated carbocycles. The normalized spacial score (nSPS) is 16.6. The van der Waals surface area contributed by atoms with E-state index in [1.54, 1.807) is 27.8 Å². The van der Waals surface area contributed by atoms with Crippen LogP contribution >= 0.6 is 11.6 Å². The third-order valence-corrected chi connectivity index (χ3v) is 5.98. The van der Waals surface area contributed by atoms with E-state index in [1.165, 1.54) is 0 Å². The molecule has 0 saturated heterocycles. The maximum atomic E-state index is 12.9. The Bertz CT molecular complexity index is 1280. The van der Waals surface area contributed by atoms with Crippen molar-refractivity contribution in [2.75, 3.05) is 11.9 Å². The number of nitrogens with zero attached hydrogens (tertiary/aromatic N) is 4. The molecule has 0 aliphatic carbocycles. The summed E-state index contributed by atoms with van der Waals surface area (Å²) in [5.41, 5.74) is 10.8. The van der Waals surface area contributed by atoms with Crippen molar-refractivity contribution in [2.24, 2.45) is 10.7 Å². The molecule has 0 radical (unpaired) electrons. The lowest BCUT2D eigenvalue weighted by Crippen LogP contribution is -2.41. The largest absolute Gasteiger partial charge is 0.365 e. The van der Waals surface area contributed by atoms with Gasteiger partial charge < -0.3 is 16.0 Å². The third kappa shape index (κ3) is 3.73. The zero-order chi connectivity index (χ0) is 22.4. The smallest absolute Gasteiger partial charge is 0.322 e. The van der Waals surface area contributed by atoms with Crippen LogP contribution in [0.15, 0.2) is 47.5 Å². The number of fused-ring (bicyclic) bond motifs is 1. The summed E-state index contributed by atoms with van der Waals surface area (Å²) in [4.78, 5) is 31.1. The van der Waals surface area contributed by atoms with E-state index >= 15 is 0 Å². The number of benzene rings is 2. The first-order chi connectivity index (χ1) is 15.4. The summed E-state index contributed by atoms with van der Waals surface area (Å²) in [7, 11) is 0. The van der Waals surface area contributed by atoms with Gasteiger partial charge in [0.15, 0.2) is 0 Å². The molecule has 2 aromatic carbocycles. The Morgan fingerprint density at radius 1 is 1.19 bits per heavy atom. The second-order valence-electron chi connectivity index (χ2n) is 7.93. The monoisotopic (exact) mass is 448 g/mol. The maximum absolute atomic E-state index is 12.9. The fourth-order valence-electron chi connectivity index (χ4n) is 4.08. The summed E-state index contributed by atoms with van der Waals surface area (Å²) in [6.07, 6.45) is 1.89. The minimum atomic E-state index is -0.586. The Balaban J connectivity index is 1.38. The van der Waals surface area contributed by atoms with Gasteiger partial charge in [0.1, 0.15) is 11.7 Å². The average molecular weight is 449 g/mol. The molecule has 3 N–H and O–H groups in total. The zero-order valence-electron chi connectivity index (χ0n) is 17.4. The highest BCUT2D eigenvalue weighted by atomic mass is 35.5. The second-order valence-corrected chi connectivity index (χ2v) is 8.37. The van der Waals surface area contributed by atoms with Gasteiger partial charge in [0.05, 0.1) is 24.3 Å². The first-order valence-electron chi connectivity index (χ1n) is 10.3. The Morgan fingerprint density at radius 2 is 2.00 bits per heavy atom. The van der Waals surface area contributed by atoms with E-state index in [4.69, 9.17) is 17.3 Å². The predicted molar refractivity (Wildman–Crippen MR) is 123 cm³/mol. The molecule has 3 heterocycles. The van der Waals surface area contributed by atoms with Crippen molar-refractivity contribution >= 4 is 35.4 Å². The van der Waals surface area contributed by atoms with Crippen molar-refractivity contribution in [3.63, 3.8) is 0 Å². The minimum absolute atomic E-state index is 0.169. The Kier molecular flexibility index (Phi) is 4.94. The van der Waals surface area contributed by atoms with Crippen LogP contribution < -0.4 is 11.1 Å². The summed E-state index contributed by atoms with van der Waals surface area (Å²) in [6.45, 7) is 3.15. The molecule has 5 rings (SSSR count). The number of aromatic nitrogens is 2. The highest BCUT2D eigenvalue weighted by molar-refractivity contribution is 6.30. The van der Waals surface area contributed by atoms with E-state index in [-0.39, 0.29) is 18.6 Å². The third-order valence-electron chi connectivity index (χ3n) is 5.75. The van der Waals surface area contributed by atoms with Gasteiger partial charge in [0, 0.05) is 29.0 Å². The number of carbonyl (C=O) groups is 2. The van der Waals surface area contributed by atoms with Crippen LogP contribution in [0.2, 0.25) is 5.02 Å². The maximum Gasteiger partial charge on any atom is 0.322 e. The molecule has 162 valence electrons. The second kappa shape index (κ2) is 7.80. The number of carbonyl (C=O) groups excluding carboxylic acids is 2. The lowest BCUT2D eigenvalue weighted by atomic mass is 10.0. The van der Waals surface area contributed by atoms with Gasteiger partial charge in [0.25, 0.3) is 5.91 Å². The molecule has 1 atom stereocenters. The summed E-state index contributed by atoms with van der Waals surface area (Å²) < 4.78 is 1.74. The van der Waals surface area contributed by atoms with Gasteiger partial charge in [-0.1, -0.05) is 29.8 Å². The van der Waals surface area contributed by atoms with Gasteiger partial charge in [-0.15, -0.1) is 0 Å². The van der Waals surface area contributed by atoms with Crippen LogP contribution in [0.4, 0.5) is 10.5 Å². The number of amides is 3. The van der Waals surface area contributed by atoms with Crippen LogP contribution in [-0.4, -0.2) is 39.4 Å². The van der Waals surface area contributed by atoms with Gasteiger partial charge in [0.2, 0.25) is 0 Å². The van der Waals surface area contributed by atoms with Crippen molar-refractivity contribution in [1.82, 2.24) is 14.7 Å². The molecule has 0 spiro atoms. The molecule has 0 fully saturated rings. The Labute approximate surface area is 189 Å². The summed E-state index contributed by atoms with van der Waals surface area (Å²) in [5.74, 6) is -0.586. The number of nitrogens with two attached hydrogens (primary N) is 1. The number of hydrogen-bond acceptors (Lipinski definition) is 4. The lowest BCUT2D eigenvalue weighted by molar-refractivity contribution is 0.0997. The van der Waals surface area contributed by atoms with Crippen molar-refractivity contribution < 1.29 is 9.59 Å². The van der Waals surface area contributed by atoms with Crippen molar-refractivity contribution in [2.45, 2.75) is 26.1 Å². The topological polar surface area (TPSA) is 106 Å². The van der Waals surface area contributed by atoms with E-state index in [1.807, 2.05) is 37.4 Å². The van der Waals surface area contributed by atoms with Gasteiger partial charge in [-0.05, 0) is 42.3 Å². The number of rotatable bonds is 4. The van der Waals surface area contributed by atoms with Crippen LogP contribution in [0.3, 0.4) is 0 Å². The zero-order valence-corrected chi connectivity index (χ0v) is 18.1. The van der Waals surface area contributed by atoms with Crippen LogP contribution in [0.5, 0.6) is 0 Å². The molecule has 0 bridgehead atoms. The SMILES string of the molecule is Cc1cc(NC(=O)N2CCn3nc(-c4cccc(Cl)c4)c(C(N)=O)c3C2)ccc1C1C=N1. The van der Waals surface area contributed by atoms with Crippen molar-refractivity contribution in [3.8, 4) is 11.3 Å². The van der Waals surface area contributed by atoms with E-state index < -0.39 is 5.91 Å². The Hall–Kier alpha value is -3.65. The standard InChI is InChI=1S/C23H21ClN6O2/c1-13-9-16(5-6-17(13)18-11-26-18)27-23(32)29-7-8-30-19(12-29)20(22(25)31)21(28-30)14-3-2-4-15(24)10-14/h2-6,9-11,18H,7-8,12H2,1H3,(H2,25,31)(H,27,32). The van der Waals surface area contributed by atoms with E-state index in [9.17, 15) is 9.59 Å². The molecule has 2 aliphatic heterocycles. The summed E-state index contributed by atoms with van der Waals surface area (Å²) in [6, 6.07) is 12.8. The molecule has 8 nitrogen and oxygen atoms in total. The molecule has 1 unspecified atom stereocenters. The first-order valence-corrected chi connectivity index (χ1v) is 10.6. The summed E-state index contributed by atoms with van der Waals surface area (Å²) in [5, 5.41) is 8.08. The summed E-state index contributed by atoms with van der Waals surface area (Å²) >= 11 is 6.12. The number of nitrogens with one attached hydrogen (secondary N) is 1. The van der Waals surface area contributed by atoms with Crippen LogP contribution in [0.1, 0.15) is 33.2 Å². The molecular formula is C23H21ClN6O2. The van der Waals surface area contributed by atoms with Gasteiger partial charge in [-0.2, -0.15) is 5.10 Å². The molecule has 1 aromatic heterocycles. The molecule has 9 heteroatoms.